The molecule has 2 saturated heterocycles. The van der Waals surface area contributed by atoms with E-state index in [9.17, 15) is 4.79 Å². The van der Waals surface area contributed by atoms with Crippen LogP contribution >= 0.6 is 0 Å². The SMILES string of the molecule is O=C(c1cnoc1)N1CC[C@]2(C[C@H](Oc3cccnc3)CO2)C1. The van der Waals surface area contributed by atoms with Gasteiger partial charge in [0, 0.05) is 19.2 Å². The van der Waals surface area contributed by atoms with Gasteiger partial charge in [0.25, 0.3) is 5.91 Å². The molecule has 2 aliphatic rings. The number of hydrogen-bond donors (Lipinski definition) is 0. The summed E-state index contributed by atoms with van der Waals surface area (Å²) < 4.78 is 16.7. The number of carbonyl (C=O) groups excluding carboxylic acids is 1. The van der Waals surface area contributed by atoms with E-state index in [0.717, 1.165) is 18.6 Å². The van der Waals surface area contributed by atoms with E-state index in [0.29, 0.717) is 25.3 Å². The van der Waals surface area contributed by atoms with Gasteiger partial charge in [0.05, 0.1) is 36.7 Å². The lowest BCUT2D eigenvalue weighted by Crippen LogP contribution is -2.36. The highest BCUT2D eigenvalue weighted by atomic mass is 16.6. The first-order chi connectivity index (χ1) is 11.2. The molecule has 23 heavy (non-hydrogen) atoms. The molecule has 0 saturated carbocycles. The average Bonchev–Trinajstić information content (AvgIpc) is 3.31. The maximum Gasteiger partial charge on any atom is 0.258 e. The van der Waals surface area contributed by atoms with E-state index in [-0.39, 0.29) is 17.6 Å². The molecule has 0 radical (unpaired) electrons. The summed E-state index contributed by atoms with van der Waals surface area (Å²) in [6.45, 7) is 1.78. The predicted octanol–water partition coefficient (Wildman–Crippen LogP) is 1.52. The Morgan fingerprint density at radius 2 is 2.39 bits per heavy atom. The quantitative estimate of drug-likeness (QED) is 0.854. The summed E-state index contributed by atoms with van der Waals surface area (Å²) in [5, 5.41) is 3.58. The van der Waals surface area contributed by atoms with Crippen LogP contribution in [0.1, 0.15) is 23.2 Å². The molecule has 7 nitrogen and oxygen atoms in total. The van der Waals surface area contributed by atoms with E-state index in [1.54, 1.807) is 17.3 Å². The van der Waals surface area contributed by atoms with Crippen LogP contribution in [0.3, 0.4) is 0 Å². The fraction of sp³-hybridized carbons (Fsp3) is 0.438. The topological polar surface area (TPSA) is 77.7 Å². The minimum Gasteiger partial charge on any atom is -0.486 e. The van der Waals surface area contributed by atoms with Gasteiger partial charge in [0.1, 0.15) is 18.1 Å². The van der Waals surface area contributed by atoms with Crippen molar-refractivity contribution in [3.05, 3.63) is 42.5 Å². The first-order valence-electron chi connectivity index (χ1n) is 7.63. The molecule has 1 amide bonds. The predicted molar refractivity (Wildman–Crippen MR) is 79.0 cm³/mol. The molecule has 120 valence electrons. The minimum absolute atomic E-state index is 0.00940. The molecule has 0 bridgehead atoms. The third kappa shape index (κ3) is 2.79. The summed E-state index contributed by atoms with van der Waals surface area (Å²) in [5.41, 5.74) is 0.169. The lowest BCUT2D eigenvalue weighted by atomic mass is 9.98. The molecule has 2 aromatic heterocycles. The molecule has 0 aliphatic carbocycles. The van der Waals surface area contributed by atoms with Crippen LogP contribution < -0.4 is 4.74 Å². The van der Waals surface area contributed by atoms with E-state index < -0.39 is 0 Å². The largest absolute Gasteiger partial charge is 0.486 e. The Bertz CT molecular complexity index is 676. The van der Waals surface area contributed by atoms with Crippen molar-refractivity contribution in [3.63, 3.8) is 0 Å². The average molecular weight is 315 g/mol. The van der Waals surface area contributed by atoms with Gasteiger partial charge in [-0.1, -0.05) is 5.16 Å². The molecular formula is C16H17N3O4. The fourth-order valence-electron chi connectivity index (χ4n) is 3.28. The molecular weight excluding hydrogens is 298 g/mol. The van der Waals surface area contributed by atoms with E-state index in [1.807, 2.05) is 12.1 Å². The van der Waals surface area contributed by atoms with Gasteiger partial charge < -0.3 is 18.9 Å². The number of rotatable bonds is 3. The van der Waals surface area contributed by atoms with Crippen LogP contribution in [0.25, 0.3) is 0 Å². The maximum atomic E-state index is 12.4. The molecule has 2 fully saturated rings. The molecule has 4 heterocycles. The molecule has 2 atom stereocenters. The van der Waals surface area contributed by atoms with Crippen molar-refractivity contribution in [2.24, 2.45) is 0 Å². The molecule has 1 spiro atoms. The number of aromatic nitrogens is 2. The summed E-state index contributed by atoms with van der Waals surface area (Å²) in [7, 11) is 0. The Morgan fingerprint density at radius 1 is 1.43 bits per heavy atom. The maximum absolute atomic E-state index is 12.4. The molecule has 7 heteroatoms. The second kappa shape index (κ2) is 5.66. The third-order valence-electron chi connectivity index (χ3n) is 4.40. The molecule has 0 N–H and O–H groups in total. The van der Waals surface area contributed by atoms with Gasteiger partial charge in [0.2, 0.25) is 0 Å². The van der Waals surface area contributed by atoms with E-state index >= 15 is 0 Å². The van der Waals surface area contributed by atoms with Crippen LogP contribution in [-0.4, -0.2) is 52.3 Å². The van der Waals surface area contributed by atoms with Crippen LogP contribution in [0.5, 0.6) is 5.75 Å². The Labute approximate surface area is 133 Å². The van der Waals surface area contributed by atoms with Crippen LogP contribution in [-0.2, 0) is 4.74 Å². The number of hydrogen-bond acceptors (Lipinski definition) is 6. The van der Waals surface area contributed by atoms with Gasteiger partial charge in [-0.15, -0.1) is 0 Å². The third-order valence-corrected chi connectivity index (χ3v) is 4.40. The summed E-state index contributed by atoms with van der Waals surface area (Å²) in [5.74, 6) is 0.678. The van der Waals surface area contributed by atoms with Gasteiger partial charge in [-0.3, -0.25) is 9.78 Å². The standard InChI is InChI=1S/C16H17N3O4/c20-15(12-7-18-22-9-12)19-5-3-16(11-19)6-14(10-21-16)23-13-2-1-4-17-8-13/h1-2,4,7-9,14H,3,5-6,10-11H2/t14-,16-/m0/s1. The van der Waals surface area contributed by atoms with Gasteiger partial charge in [-0.05, 0) is 18.6 Å². The Kier molecular flexibility index (Phi) is 3.49. The molecule has 2 aromatic rings. The molecule has 2 aliphatic heterocycles. The second-order valence-electron chi connectivity index (χ2n) is 6.02. The molecule has 4 rings (SSSR count). The first kappa shape index (κ1) is 14.2. The van der Waals surface area contributed by atoms with Crippen molar-refractivity contribution in [3.8, 4) is 5.75 Å². The van der Waals surface area contributed by atoms with Crippen LogP contribution in [0.2, 0.25) is 0 Å². The number of nitrogens with zero attached hydrogens (tertiary/aromatic N) is 3. The molecule has 0 aromatic carbocycles. The number of likely N-dealkylation sites (tertiary alicyclic amines) is 1. The lowest BCUT2D eigenvalue weighted by molar-refractivity contribution is 0.00994. The van der Waals surface area contributed by atoms with Gasteiger partial charge >= 0.3 is 0 Å². The molecule has 0 unspecified atom stereocenters. The highest BCUT2D eigenvalue weighted by Crippen LogP contribution is 2.37. The second-order valence-corrected chi connectivity index (χ2v) is 6.02. The van der Waals surface area contributed by atoms with E-state index in [2.05, 4.69) is 10.1 Å². The van der Waals surface area contributed by atoms with Crippen molar-refractivity contribution < 1.29 is 18.8 Å². The number of ether oxygens (including phenoxy) is 2. The minimum atomic E-state index is -0.306. The fourth-order valence-corrected chi connectivity index (χ4v) is 3.28. The monoisotopic (exact) mass is 315 g/mol. The number of carbonyl (C=O) groups is 1. The summed E-state index contributed by atoms with van der Waals surface area (Å²) in [6.07, 6.45) is 7.80. The lowest BCUT2D eigenvalue weighted by Gasteiger charge is -2.23. The van der Waals surface area contributed by atoms with E-state index in [4.69, 9.17) is 14.0 Å². The van der Waals surface area contributed by atoms with Crippen LogP contribution in [0.4, 0.5) is 0 Å². The highest BCUT2D eigenvalue weighted by molar-refractivity contribution is 5.93. The van der Waals surface area contributed by atoms with Crippen LogP contribution in [0, 0.1) is 0 Å². The Balaban J connectivity index is 1.38. The smallest absolute Gasteiger partial charge is 0.258 e. The van der Waals surface area contributed by atoms with Gasteiger partial charge in [-0.2, -0.15) is 0 Å². The van der Waals surface area contributed by atoms with Crippen molar-refractivity contribution in [2.45, 2.75) is 24.5 Å². The Morgan fingerprint density at radius 3 is 3.17 bits per heavy atom. The normalized spacial score (nSPS) is 26.8. The zero-order valence-corrected chi connectivity index (χ0v) is 12.6. The summed E-state index contributed by atoms with van der Waals surface area (Å²) in [6, 6.07) is 3.73. The number of amides is 1. The zero-order valence-electron chi connectivity index (χ0n) is 12.6. The van der Waals surface area contributed by atoms with E-state index in [1.165, 1.54) is 12.5 Å². The van der Waals surface area contributed by atoms with Crippen molar-refractivity contribution in [1.82, 2.24) is 15.0 Å². The van der Waals surface area contributed by atoms with Crippen molar-refractivity contribution in [2.75, 3.05) is 19.7 Å². The summed E-state index contributed by atoms with van der Waals surface area (Å²) >= 11 is 0. The van der Waals surface area contributed by atoms with Gasteiger partial charge in [-0.25, -0.2) is 0 Å². The zero-order chi connectivity index (χ0) is 15.7. The highest BCUT2D eigenvalue weighted by Gasteiger charge is 2.47. The first-order valence-corrected chi connectivity index (χ1v) is 7.63. The van der Waals surface area contributed by atoms with Crippen molar-refractivity contribution in [1.29, 1.82) is 0 Å². The summed E-state index contributed by atoms with van der Waals surface area (Å²) in [4.78, 5) is 18.2. The van der Waals surface area contributed by atoms with Crippen molar-refractivity contribution >= 4 is 5.91 Å². The Hall–Kier alpha value is -2.41. The van der Waals surface area contributed by atoms with Gasteiger partial charge in [0.15, 0.2) is 0 Å². The number of pyridine rings is 1. The van der Waals surface area contributed by atoms with Crippen LogP contribution in [0.15, 0.2) is 41.5 Å².